The van der Waals surface area contributed by atoms with Crippen LogP contribution in [-0.2, 0) is 16.0 Å². The highest BCUT2D eigenvalue weighted by atomic mass is 32.1. The van der Waals surface area contributed by atoms with Crippen LogP contribution >= 0.6 is 11.3 Å². The molecule has 35 heavy (non-hydrogen) atoms. The second-order valence-corrected chi connectivity index (χ2v) is 9.11. The Balaban J connectivity index is 1.69. The molecule has 4 aromatic rings. The first-order valence-electron chi connectivity index (χ1n) is 11.0. The Morgan fingerprint density at radius 2 is 1.80 bits per heavy atom. The maximum Gasteiger partial charge on any atom is 0.301 e. The number of benzene rings is 3. The molecule has 176 valence electrons. The molecule has 1 N–H and O–H groups in total. The second kappa shape index (κ2) is 8.96. The average Bonchev–Trinajstić information content (AvgIpc) is 3.41. The highest BCUT2D eigenvalue weighted by Gasteiger charge is 2.48. The van der Waals surface area contributed by atoms with E-state index in [0.29, 0.717) is 27.5 Å². The van der Waals surface area contributed by atoms with Crippen LogP contribution in [0.25, 0.3) is 16.0 Å². The number of carbonyl (C=O) groups is 2. The normalized spacial score (nSPS) is 17.3. The average molecular weight is 489 g/mol. The quantitative estimate of drug-likeness (QED) is 0.224. The maximum absolute atomic E-state index is 13.7. The van der Waals surface area contributed by atoms with Crippen LogP contribution in [0.4, 0.5) is 9.52 Å². The van der Waals surface area contributed by atoms with Crippen LogP contribution in [-0.4, -0.2) is 28.9 Å². The number of amides is 1. The fraction of sp³-hybridized carbons (Fsp3) is 0.148. The molecule has 8 heteroatoms. The molecule has 5 rings (SSSR count). The van der Waals surface area contributed by atoms with Gasteiger partial charge in [-0.15, -0.1) is 0 Å². The van der Waals surface area contributed by atoms with Gasteiger partial charge in [0.1, 0.15) is 17.3 Å². The molecule has 0 aliphatic carbocycles. The number of ketones is 1. The van der Waals surface area contributed by atoms with Crippen molar-refractivity contribution in [3.05, 3.63) is 94.8 Å². The molecular weight excluding hydrogens is 467 g/mol. The van der Waals surface area contributed by atoms with Gasteiger partial charge in [-0.25, -0.2) is 9.37 Å². The summed E-state index contributed by atoms with van der Waals surface area (Å²) in [5, 5.41) is 11.5. The molecule has 0 spiro atoms. The predicted octanol–water partition coefficient (Wildman–Crippen LogP) is 5.63. The summed E-state index contributed by atoms with van der Waals surface area (Å²) < 4.78 is 19.8. The van der Waals surface area contributed by atoms with Gasteiger partial charge in [-0.2, -0.15) is 0 Å². The van der Waals surface area contributed by atoms with Crippen molar-refractivity contribution in [1.82, 2.24) is 4.98 Å². The Morgan fingerprint density at radius 1 is 1.09 bits per heavy atom. The summed E-state index contributed by atoms with van der Waals surface area (Å²) >= 11 is 1.29. The summed E-state index contributed by atoms with van der Waals surface area (Å²) in [7, 11) is 1.52. The Bertz CT molecular complexity index is 1480. The zero-order chi connectivity index (χ0) is 24.7. The maximum atomic E-state index is 13.7. The van der Waals surface area contributed by atoms with Crippen molar-refractivity contribution < 1.29 is 23.8 Å². The molecule has 1 saturated heterocycles. The number of carbonyl (C=O) groups excluding carboxylic acids is 2. The van der Waals surface area contributed by atoms with E-state index >= 15 is 0 Å². The molecule has 1 aromatic heterocycles. The van der Waals surface area contributed by atoms with E-state index < -0.39 is 23.5 Å². The Morgan fingerprint density at radius 3 is 2.46 bits per heavy atom. The van der Waals surface area contributed by atoms with Gasteiger partial charge < -0.3 is 9.84 Å². The minimum absolute atomic E-state index is 0.0831. The summed E-state index contributed by atoms with van der Waals surface area (Å²) in [4.78, 5) is 32.5. The van der Waals surface area contributed by atoms with Gasteiger partial charge in [0.2, 0.25) is 0 Å². The fourth-order valence-electron chi connectivity index (χ4n) is 4.17. The minimum atomic E-state index is -0.969. The van der Waals surface area contributed by atoms with Crippen LogP contribution in [0.5, 0.6) is 5.75 Å². The number of nitrogens with zero attached hydrogens (tertiary/aromatic N) is 2. The number of hydrogen-bond donors (Lipinski definition) is 1. The molecule has 1 aliphatic rings. The number of aliphatic hydroxyl groups excluding tert-OH is 1. The van der Waals surface area contributed by atoms with E-state index in [4.69, 9.17) is 4.74 Å². The van der Waals surface area contributed by atoms with Gasteiger partial charge in [0, 0.05) is 5.56 Å². The third-order valence-corrected chi connectivity index (χ3v) is 7.07. The second-order valence-electron chi connectivity index (χ2n) is 8.10. The van der Waals surface area contributed by atoms with Gasteiger partial charge >= 0.3 is 5.91 Å². The Hall–Kier alpha value is -4.04. The molecule has 0 radical (unpaired) electrons. The van der Waals surface area contributed by atoms with E-state index in [1.807, 2.05) is 18.2 Å². The monoisotopic (exact) mass is 488 g/mol. The number of ether oxygens (including phenoxy) is 1. The van der Waals surface area contributed by atoms with Crippen molar-refractivity contribution in [2.24, 2.45) is 0 Å². The molecular formula is C27H21FN2O4S. The Labute approximate surface area is 204 Å². The summed E-state index contributed by atoms with van der Waals surface area (Å²) in [5.74, 6) is -1.83. The van der Waals surface area contributed by atoms with Gasteiger partial charge in [-0.1, -0.05) is 36.5 Å². The van der Waals surface area contributed by atoms with Crippen molar-refractivity contribution in [2.75, 3.05) is 12.0 Å². The molecule has 1 unspecified atom stereocenters. The lowest BCUT2D eigenvalue weighted by Crippen LogP contribution is -2.29. The van der Waals surface area contributed by atoms with Gasteiger partial charge in [-0.05, 0) is 66.1 Å². The number of thiazole rings is 1. The zero-order valence-corrected chi connectivity index (χ0v) is 19.8. The lowest BCUT2D eigenvalue weighted by atomic mass is 9.95. The highest BCUT2D eigenvalue weighted by Crippen LogP contribution is 2.44. The molecule has 0 saturated carbocycles. The predicted molar refractivity (Wildman–Crippen MR) is 133 cm³/mol. The third-order valence-electron chi connectivity index (χ3n) is 6.05. The number of aromatic nitrogens is 1. The number of rotatable bonds is 5. The molecule has 3 aromatic carbocycles. The van der Waals surface area contributed by atoms with E-state index in [0.717, 1.165) is 16.7 Å². The van der Waals surface area contributed by atoms with Crippen LogP contribution < -0.4 is 9.64 Å². The molecule has 1 amide bonds. The first-order valence-corrected chi connectivity index (χ1v) is 11.8. The standard InChI is InChI=1S/C27H21FN2O4S/c1-3-15-4-13-20-21(14-15)35-27(29-20)30-23(16-5-9-18(28)10-6-16)22(25(32)26(30)33)24(31)17-7-11-19(34-2)12-8-17/h4-14,23,31H,3H2,1-2H3/b24-22+. The van der Waals surface area contributed by atoms with Crippen molar-refractivity contribution in [1.29, 1.82) is 0 Å². The van der Waals surface area contributed by atoms with Crippen LogP contribution in [0.3, 0.4) is 0 Å². The number of fused-ring (bicyclic) bond motifs is 1. The smallest absolute Gasteiger partial charge is 0.301 e. The largest absolute Gasteiger partial charge is 0.507 e. The van der Waals surface area contributed by atoms with E-state index in [9.17, 15) is 19.1 Å². The number of hydrogen-bond acceptors (Lipinski definition) is 6. The Kier molecular flexibility index (Phi) is 5.82. The number of anilines is 1. The van der Waals surface area contributed by atoms with Crippen LogP contribution in [0.2, 0.25) is 0 Å². The van der Waals surface area contributed by atoms with E-state index in [2.05, 4.69) is 11.9 Å². The fourth-order valence-corrected chi connectivity index (χ4v) is 5.23. The van der Waals surface area contributed by atoms with E-state index in [1.54, 1.807) is 24.3 Å². The van der Waals surface area contributed by atoms with Crippen LogP contribution in [0, 0.1) is 5.82 Å². The minimum Gasteiger partial charge on any atom is -0.507 e. The van der Waals surface area contributed by atoms with Crippen molar-refractivity contribution in [3.8, 4) is 5.75 Å². The van der Waals surface area contributed by atoms with Crippen molar-refractivity contribution in [2.45, 2.75) is 19.4 Å². The van der Waals surface area contributed by atoms with Gasteiger partial charge in [0.25, 0.3) is 5.78 Å². The topological polar surface area (TPSA) is 79.7 Å². The lowest BCUT2D eigenvalue weighted by Gasteiger charge is -2.23. The number of aliphatic hydroxyl groups is 1. The first-order chi connectivity index (χ1) is 16.9. The third kappa shape index (κ3) is 3.95. The van der Waals surface area contributed by atoms with E-state index in [-0.39, 0.29) is 11.3 Å². The van der Waals surface area contributed by atoms with Gasteiger partial charge in [0.15, 0.2) is 5.13 Å². The van der Waals surface area contributed by atoms with Gasteiger partial charge in [-0.3, -0.25) is 14.5 Å². The lowest BCUT2D eigenvalue weighted by molar-refractivity contribution is -0.132. The van der Waals surface area contributed by atoms with Crippen molar-refractivity contribution in [3.63, 3.8) is 0 Å². The van der Waals surface area contributed by atoms with Crippen LogP contribution in [0.1, 0.15) is 29.7 Å². The molecule has 1 aliphatic heterocycles. The molecule has 2 heterocycles. The SMILES string of the molecule is CCc1ccc2nc(N3C(=O)C(=O)/C(=C(/O)c4ccc(OC)cc4)C3c3ccc(F)cc3)sc2c1. The summed E-state index contributed by atoms with van der Waals surface area (Å²) in [6.07, 6.45) is 0.852. The molecule has 0 bridgehead atoms. The number of aryl methyl sites for hydroxylation is 1. The summed E-state index contributed by atoms with van der Waals surface area (Å²) in [6.45, 7) is 2.05. The zero-order valence-electron chi connectivity index (χ0n) is 19.0. The first kappa shape index (κ1) is 22.7. The summed E-state index contributed by atoms with van der Waals surface area (Å²) in [6, 6.07) is 16.9. The number of Topliss-reactive ketones (excluding diaryl/α,β-unsaturated/α-hetero) is 1. The van der Waals surface area contributed by atoms with Crippen molar-refractivity contribution >= 4 is 44.1 Å². The molecule has 1 fully saturated rings. The molecule has 6 nitrogen and oxygen atoms in total. The highest BCUT2D eigenvalue weighted by molar-refractivity contribution is 7.22. The summed E-state index contributed by atoms with van der Waals surface area (Å²) in [5.41, 5.74) is 2.59. The molecule has 1 atom stereocenters. The van der Waals surface area contributed by atoms with Crippen LogP contribution in [0.15, 0.2) is 72.3 Å². The van der Waals surface area contributed by atoms with Gasteiger partial charge in [0.05, 0.1) is 28.9 Å². The van der Waals surface area contributed by atoms with E-state index in [1.165, 1.54) is 47.6 Å². The number of methoxy groups -OCH3 is 1. The number of halogens is 1.